The van der Waals surface area contributed by atoms with E-state index in [9.17, 15) is 4.79 Å². The van der Waals surface area contributed by atoms with E-state index in [2.05, 4.69) is 58.2 Å². The monoisotopic (exact) mass is 478 g/mol. The van der Waals surface area contributed by atoms with Gasteiger partial charge in [0.15, 0.2) is 0 Å². The number of aldehydes is 1. The summed E-state index contributed by atoms with van der Waals surface area (Å²) < 4.78 is 0. The van der Waals surface area contributed by atoms with E-state index >= 15 is 0 Å². The molecule has 6 nitrogen and oxygen atoms in total. The number of rotatable bonds is 7. The Labute approximate surface area is 209 Å². The summed E-state index contributed by atoms with van der Waals surface area (Å²) >= 11 is 0. The standard InChI is InChI=1S/C21H28N4O.C8H14O/c1-4-21(2)8-7-16-19(13-21)23-24-20(16)18-11-14-5-6-15(12-17(14)22-18)25(3)9-10-26;9-7-6-8-4-2-1-3-5-8/h5-6,11-12,22,26H,4,7-10,13H2,1-3H3,(H,23,24);7-8H,1-6H2. The fourth-order valence-electron chi connectivity index (χ4n) is 5.60. The van der Waals surface area contributed by atoms with E-state index in [0.29, 0.717) is 12.0 Å². The number of hydrogen-bond acceptors (Lipinski definition) is 4. The third kappa shape index (κ3) is 5.97. The van der Waals surface area contributed by atoms with Crippen LogP contribution in [0.25, 0.3) is 22.3 Å². The van der Waals surface area contributed by atoms with Crippen molar-refractivity contribution in [1.82, 2.24) is 15.2 Å². The molecule has 1 saturated carbocycles. The van der Waals surface area contributed by atoms with Gasteiger partial charge in [-0.05, 0) is 48.8 Å². The molecule has 6 heteroatoms. The number of aromatic amines is 2. The van der Waals surface area contributed by atoms with Gasteiger partial charge in [-0.25, -0.2) is 0 Å². The summed E-state index contributed by atoms with van der Waals surface area (Å²) in [5.74, 6) is 0.733. The predicted octanol–water partition coefficient (Wildman–Crippen LogP) is 6.05. The molecule has 0 saturated heterocycles. The van der Waals surface area contributed by atoms with Crippen LogP contribution >= 0.6 is 0 Å². The molecule has 1 unspecified atom stereocenters. The number of aromatic nitrogens is 3. The van der Waals surface area contributed by atoms with E-state index in [1.165, 1.54) is 61.6 Å². The molecule has 0 bridgehead atoms. The van der Waals surface area contributed by atoms with Crippen molar-refractivity contribution in [1.29, 1.82) is 0 Å². The van der Waals surface area contributed by atoms with Gasteiger partial charge in [-0.3, -0.25) is 5.10 Å². The molecule has 2 aromatic heterocycles. The first kappa shape index (κ1) is 25.5. The van der Waals surface area contributed by atoms with Crippen LogP contribution in [0.3, 0.4) is 0 Å². The molecule has 1 aromatic carbocycles. The number of carbonyl (C=O) groups is 1. The molecule has 2 aliphatic carbocycles. The lowest BCUT2D eigenvalue weighted by molar-refractivity contribution is -0.108. The maximum absolute atomic E-state index is 10.1. The van der Waals surface area contributed by atoms with Crippen LogP contribution in [-0.2, 0) is 17.6 Å². The van der Waals surface area contributed by atoms with Crippen molar-refractivity contribution in [2.75, 3.05) is 25.1 Å². The molecule has 5 rings (SSSR count). The normalized spacial score (nSPS) is 20.2. The number of anilines is 1. The maximum Gasteiger partial charge on any atom is 0.120 e. The van der Waals surface area contributed by atoms with Crippen molar-refractivity contribution in [2.24, 2.45) is 11.3 Å². The van der Waals surface area contributed by atoms with Gasteiger partial charge in [0, 0.05) is 47.9 Å². The molecule has 35 heavy (non-hydrogen) atoms. The number of fused-ring (bicyclic) bond motifs is 2. The van der Waals surface area contributed by atoms with Gasteiger partial charge in [0.2, 0.25) is 0 Å². The zero-order valence-electron chi connectivity index (χ0n) is 21.7. The maximum atomic E-state index is 10.1. The highest BCUT2D eigenvalue weighted by Gasteiger charge is 2.31. The zero-order valence-corrected chi connectivity index (χ0v) is 21.7. The van der Waals surface area contributed by atoms with Gasteiger partial charge in [-0.15, -0.1) is 0 Å². The average molecular weight is 479 g/mol. The quantitative estimate of drug-likeness (QED) is 0.361. The summed E-state index contributed by atoms with van der Waals surface area (Å²) in [7, 11) is 2.00. The first-order valence-corrected chi connectivity index (χ1v) is 13.4. The Kier molecular flexibility index (Phi) is 8.32. The molecule has 0 aliphatic heterocycles. The van der Waals surface area contributed by atoms with Gasteiger partial charge in [-0.1, -0.05) is 58.4 Å². The van der Waals surface area contributed by atoms with E-state index < -0.39 is 0 Å². The lowest BCUT2D eigenvalue weighted by atomic mass is 9.73. The molecule has 1 atom stereocenters. The van der Waals surface area contributed by atoms with E-state index in [4.69, 9.17) is 5.11 Å². The third-order valence-corrected chi connectivity index (χ3v) is 8.28. The molecule has 0 spiro atoms. The fraction of sp³-hybridized carbons (Fsp3) is 0.586. The fourth-order valence-corrected chi connectivity index (χ4v) is 5.60. The van der Waals surface area contributed by atoms with Gasteiger partial charge in [0.1, 0.15) is 12.0 Å². The Morgan fingerprint density at radius 2 is 2.03 bits per heavy atom. The average Bonchev–Trinajstić information content (AvgIpc) is 3.48. The number of H-pyrrole nitrogens is 2. The van der Waals surface area contributed by atoms with Crippen LogP contribution in [-0.4, -0.2) is 46.8 Å². The van der Waals surface area contributed by atoms with Gasteiger partial charge in [0.05, 0.1) is 12.3 Å². The first-order valence-electron chi connectivity index (χ1n) is 13.4. The van der Waals surface area contributed by atoms with Crippen molar-refractivity contribution in [3.63, 3.8) is 0 Å². The summed E-state index contributed by atoms with van der Waals surface area (Å²) in [6, 6.07) is 8.56. The number of aliphatic hydroxyl groups is 1. The Morgan fingerprint density at radius 1 is 1.23 bits per heavy atom. The van der Waals surface area contributed by atoms with Gasteiger partial charge >= 0.3 is 0 Å². The van der Waals surface area contributed by atoms with Gasteiger partial charge < -0.3 is 19.8 Å². The second-order valence-corrected chi connectivity index (χ2v) is 10.9. The lowest BCUT2D eigenvalue weighted by Crippen LogP contribution is -2.24. The molecular formula is C29H42N4O2. The lowest BCUT2D eigenvalue weighted by Gasteiger charge is -2.32. The van der Waals surface area contributed by atoms with Crippen LogP contribution < -0.4 is 4.90 Å². The Hall–Kier alpha value is -2.60. The summed E-state index contributed by atoms with van der Waals surface area (Å²) in [5, 5.41) is 18.3. The topological polar surface area (TPSA) is 85.0 Å². The minimum atomic E-state index is 0.153. The largest absolute Gasteiger partial charge is 0.395 e. The van der Waals surface area contributed by atoms with E-state index in [1.54, 1.807) is 0 Å². The minimum absolute atomic E-state index is 0.153. The van der Waals surface area contributed by atoms with Crippen molar-refractivity contribution >= 4 is 22.9 Å². The number of likely N-dealkylation sites (N-methyl/N-ethyl adjacent to an activating group) is 1. The zero-order chi connectivity index (χ0) is 24.8. The molecule has 3 aromatic rings. The Bertz CT molecular complexity index is 1110. The number of carbonyl (C=O) groups excluding carboxylic acids is 1. The number of benzene rings is 1. The molecule has 190 valence electrons. The molecule has 3 N–H and O–H groups in total. The van der Waals surface area contributed by atoms with Gasteiger partial charge in [0.25, 0.3) is 0 Å². The number of nitrogens with one attached hydrogen (secondary N) is 2. The smallest absolute Gasteiger partial charge is 0.120 e. The van der Waals surface area contributed by atoms with Gasteiger partial charge in [-0.2, -0.15) is 5.10 Å². The number of hydrogen-bond donors (Lipinski definition) is 3. The van der Waals surface area contributed by atoms with E-state index in [0.717, 1.165) is 54.1 Å². The summed E-state index contributed by atoms with van der Waals surface area (Å²) in [6.07, 6.45) is 13.1. The minimum Gasteiger partial charge on any atom is -0.395 e. The van der Waals surface area contributed by atoms with Crippen LogP contribution in [0.1, 0.15) is 76.5 Å². The van der Waals surface area contributed by atoms with E-state index in [-0.39, 0.29) is 6.61 Å². The number of aliphatic hydroxyl groups excluding tert-OH is 1. The highest BCUT2D eigenvalue weighted by atomic mass is 16.3. The summed E-state index contributed by atoms with van der Waals surface area (Å²) in [4.78, 5) is 15.7. The van der Waals surface area contributed by atoms with Crippen LogP contribution in [0.15, 0.2) is 24.3 Å². The predicted molar refractivity (Wildman–Crippen MR) is 144 cm³/mol. The van der Waals surface area contributed by atoms with Crippen molar-refractivity contribution in [2.45, 2.75) is 78.1 Å². The molecule has 0 radical (unpaired) electrons. The molecule has 2 heterocycles. The molecule has 2 aliphatic rings. The third-order valence-electron chi connectivity index (χ3n) is 8.28. The van der Waals surface area contributed by atoms with Crippen LogP contribution in [0.5, 0.6) is 0 Å². The summed E-state index contributed by atoms with van der Waals surface area (Å²) in [5.41, 5.74) is 7.43. The second kappa shape index (κ2) is 11.4. The molecule has 0 amide bonds. The molecular weight excluding hydrogens is 436 g/mol. The molecule has 1 fully saturated rings. The number of nitrogens with zero attached hydrogens (tertiary/aromatic N) is 2. The SMILES string of the molecule is CCC1(C)CCc2c(-c3cc4ccc(N(C)CCO)cc4[nH]3)n[nH]c2C1.O=CCC1CCCCC1. The van der Waals surface area contributed by atoms with Crippen molar-refractivity contribution < 1.29 is 9.90 Å². The van der Waals surface area contributed by atoms with Crippen molar-refractivity contribution in [3.05, 3.63) is 35.5 Å². The first-order chi connectivity index (χ1) is 17.0. The Balaban J connectivity index is 0.000000271. The van der Waals surface area contributed by atoms with Crippen LogP contribution in [0.2, 0.25) is 0 Å². The highest BCUT2D eigenvalue weighted by Crippen LogP contribution is 2.40. The summed E-state index contributed by atoms with van der Waals surface area (Å²) in [6.45, 7) is 5.44. The van der Waals surface area contributed by atoms with Crippen molar-refractivity contribution in [3.8, 4) is 11.4 Å². The van der Waals surface area contributed by atoms with E-state index in [1.807, 2.05) is 7.05 Å². The Morgan fingerprint density at radius 3 is 2.74 bits per heavy atom. The highest BCUT2D eigenvalue weighted by molar-refractivity contribution is 5.88. The second-order valence-electron chi connectivity index (χ2n) is 10.9. The van der Waals surface area contributed by atoms with Crippen LogP contribution in [0, 0.1) is 11.3 Å². The van der Waals surface area contributed by atoms with Crippen LogP contribution in [0.4, 0.5) is 5.69 Å².